The molecule has 0 radical (unpaired) electrons. The number of rotatable bonds is 8. The third kappa shape index (κ3) is 5.83. The lowest BCUT2D eigenvalue weighted by Crippen LogP contribution is -2.56. The zero-order chi connectivity index (χ0) is 23.7. The van der Waals surface area contributed by atoms with Crippen LogP contribution in [0.2, 0.25) is 10.0 Å². The molecule has 32 heavy (non-hydrogen) atoms. The minimum absolute atomic E-state index is 0.151. The number of hydrogen-bond donors (Lipinski definition) is 2. The van der Waals surface area contributed by atoms with Crippen molar-refractivity contribution in [2.45, 2.75) is 32.7 Å². The maximum Gasteiger partial charge on any atom is 0.249 e. The smallest absolute Gasteiger partial charge is 0.249 e. The highest BCUT2D eigenvalue weighted by atomic mass is 35.5. The van der Waals surface area contributed by atoms with E-state index in [4.69, 9.17) is 23.2 Å². The van der Waals surface area contributed by atoms with Crippen LogP contribution >= 0.6 is 23.2 Å². The van der Waals surface area contributed by atoms with Gasteiger partial charge in [-0.25, -0.2) is 13.1 Å². The second-order valence-corrected chi connectivity index (χ2v) is 12.2. The Morgan fingerprint density at radius 3 is 2.41 bits per heavy atom. The molecule has 2 aromatic rings. The zero-order valence-corrected chi connectivity index (χ0v) is 21.0. The largest absolute Gasteiger partial charge is 0.324 e. The third-order valence-corrected chi connectivity index (χ3v) is 6.55. The summed E-state index contributed by atoms with van der Waals surface area (Å²) in [6.45, 7) is 7.36. The van der Waals surface area contributed by atoms with Gasteiger partial charge in [-0.15, -0.1) is 0 Å². The summed E-state index contributed by atoms with van der Waals surface area (Å²) in [6, 6.07) is 12.9. The summed E-state index contributed by atoms with van der Waals surface area (Å²) >= 11 is 12.5. The fourth-order valence-corrected chi connectivity index (χ4v) is 5.06. The number of carbonyl (C=O) groups excluding carboxylic acids is 1. The molecule has 1 amide bonds. The first-order valence-corrected chi connectivity index (χ1v) is 13.0. The van der Waals surface area contributed by atoms with Crippen LogP contribution in [0.3, 0.4) is 0 Å². The molecule has 6 nitrogen and oxygen atoms in total. The van der Waals surface area contributed by atoms with E-state index in [1.54, 1.807) is 18.2 Å². The van der Waals surface area contributed by atoms with Crippen LogP contribution in [0.15, 0.2) is 42.5 Å². The average molecular weight is 498 g/mol. The Kier molecular flexibility index (Phi) is 7.27. The van der Waals surface area contributed by atoms with E-state index in [0.717, 1.165) is 17.4 Å². The number of amides is 1. The van der Waals surface area contributed by atoms with E-state index in [9.17, 15) is 13.2 Å². The molecule has 0 fully saturated rings. The van der Waals surface area contributed by atoms with E-state index in [2.05, 4.69) is 35.7 Å². The highest BCUT2D eigenvalue weighted by Gasteiger charge is 2.51. The number of anilines is 1. The lowest BCUT2D eigenvalue weighted by Gasteiger charge is -2.43. The summed E-state index contributed by atoms with van der Waals surface area (Å²) < 4.78 is 25.9. The molecule has 1 unspecified atom stereocenters. The minimum Gasteiger partial charge on any atom is -0.324 e. The van der Waals surface area contributed by atoms with Crippen LogP contribution in [0.5, 0.6) is 0 Å². The molecule has 1 atom stereocenters. The molecule has 0 bridgehead atoms. The summed E-state index contributed by atoms with van der Waals surface area (Å²) in [5, 5.41) is 4.12. The van der Waals surface area contributed by atoms with Crippen LogP contribution in [0.4, 0.5) is 5.69 Å². The highest BCUT2D eigenvalue weighted by molar-refractivity contribution is 7.88. The van der Waals surface area contributed by atoms with E-state index in [-0.39, 0.29) is 17.9 Å². The number of nitrogens with zero attached hydrogens (tertiary/aromatic N) is 1. The fraction of sp³-hybridized carbons (Fsp3) is 0.435. The first-order chi connectivity index (χ1) is 14.8. The predicted octanol–water partition coefficient (Wildman–Crippen LogP) is 4.28. The van der Waals surface area contributed by atoms with Crippen LogP contribution in [0, 0.1) is 5.41 Å². The van der Waals surface area contributed by atoms with Crippen molar-refractivity contribution in [3.05, 3.63) is 63.6 Å². The van der Waals surface area contributed by atoms with Gasteiger partial charge in [0, 0.05) is 47.4 Å². The van der Waals surface area contributed by atoms with Gasteiger partial charge in [0.05, 0.1) is 6.26 Å². The number of benzene rings is 2. The first kappa shape index (κ1) is 25.0. The lowest BCUT2D eigenvalue weighted by molar-refractivity contribution is -0.128. The van der Waals surface area contributed by atoms with Crippen molar-refractivity contribution >= 4 is 44.8 Å². The van der Waals surface area contributed by atoms with Gasteiger partial charge in [0.15, 0.2) is 0 Å². The van der Waals surface area contributed by atoms with Gasteiger partial charge >= 0.3 is 0 Å². The predicted molar refractivity (Wildman–Crippen MR) is 131 cm³/mol. The van der Waals surface area contributed by atoms with Crippen molar-refractivity contribution in [3.8, 4) is 0 Å². The third-order valence-electron chi connectivity index (χ3n) is 5.35. The molecular formula is C23H29Cl2N3O3S. The molecule has 1 aliphatic rings. The van der Waals surface area contributed by atoms with Crippen molar-refractivity contribution in [2.75, 3.05) is 31.2 Å². The molecule has 0 spiro atoms. The molecule has 0 aromatic heterocycles. The zero-order valence-electron chi connectivity index (χ0n) is 18.7. The quantitative estimate of drug-likeness (QED) is 0.570. The van der Waals surface area contributed by atoms with Crippen LogP contribution < -0.4 is 10.0 Å². The summed E-state index contributed by atoms with van der Waals surface area (Å²) in [4.78, 5) is 15.7. The van der Waals surface area contributed by atoms with Gasteiger partial charge in [0.25, 0.3) is 0 Å². The van der Waals surface area contributed by atoms with Crippen molar-refractivity contribution in [2.24, 2.45) is 5.41 Å². The van der Waals surface area contributed by atoms with E-state index < -0.39 is 15.6 Å². The molecule has 0 saturated carbocycles. The Hall–Kier alpha value is -1.64. The highest BCUT2D eigenvalue weighted by Crippen LogP contribution is 2.45. The second kappa shape index (κ2) is 9.31. The molecule has 0 aliphatic carbocycles. The van der Waals surface area contributed by atoms with Crippen LogP contribution in [0.25, 0.3) is 0 Å². The molecule has 1 heterocycles. The maximum absolute atomic E-state index is 13.7. The molecule has 9 heteroatoms. The number of sulfonamides is 1. The van der Waals surface area contributed by atoms with E-state index in [0.29, 0.717) is 35.2 Å². The summed E-state index contributed by atoms with van der Waals surface area (Å²) in [5.41, 5.74) is 1.19. The van der Waals surface area contributed by atoms with E-state index >= 15 is 0 Å². The fourth-order valence-electron chi connectivity index (χ4n) is 4.22. The molecule has 1 aliphatic heterocycles. The minimum atomic E-state index is -3.36. The van der Waals surface area contributed by atoms with Crippen LogP contribution in [-0.4, -0.2) is 45.1 Å². The van der Waals surface area contributed by atoms with Crippen LogP contribution in [-0.2, 0) is 26.8 Å². The molecule has 174 valence electrons. The Bertz CT molecular complexity index is 1120. The van der Waals surface area contributed by atoms with Gasteiger partial charge in [0.1, 0.15) is 5.54 Å². The molecule has 0 saturated heterocycles. The molecule has 3 rings (SSSR count). The van der Waals surface area contributed by atoms with Gasteiger partial charge in [-0.1, -0.05) is 62.2 Å². The van der Waals surface area contributed by atoms with Gasteiger partial charge in [-0.05, 0) is 35.2 Å². The summed E-state index contributed by atoms with van der Waals surface area (Å²) in [7, 11) is -3.36. The number of nitrogens with one attached hydrogen (secondary N) is 2. The Morgan fingerprint density at radius 1 is 1.09 bits per heavy atom. The van der Waals surface area contributed by atoms with Gasteiger partial charge < -0.3 is 5.32 Å². The number of fused-ring (bicyclic) bond motifs is 1. The number of hydrogen-bond acceptors (Lipinski definition) is 4. The van der Waals surface area contributed by atoms with E-state index in [1.165, 1.54) is 0 Å². The molecule has 2 aromatic carbocycles. The summed E-state index contributed by atoms with van der Waals surface area (Å²) in [6.07, 6.45) is 1.51. The SMILES string of the molecule is CC(C)(C)CN(CCNS(C)(=O)=O)C1(Cc2cccc(Cl)c2)C(=O)Nc2cc(Cl)ccc21. The molecular weight excluding hydrogens is 469 g/mol. The van der Waals surface area contributed by atoms with Gasteiger partial charge in [-0.2, -0.15) is 0 Å². The van der Waals surface area contributed by atoms with Crippen molar-refractivity contribution in [1.29, 1.82) is 0 Å². The second-order valence-electron chi connectivity index (χ2n) is 9.46. The van der Waals surface area contributed by atoms with Gasteiger partial charge in [-0.3, -0.25) is 9.69 Å². The number of carbonyl (C=O) groups is 1. The Balaban J connectivity index is 2.13. The lowest BCUT2D eigenvalue weighted by atomic mass is 9.81. The van der Waals surface area contributed by atoms with Crippen LogP contribution in [0.1, 0.15) is 31.9 Å². The van der Waals surface area contributed by atoms with Crippen molar-refractivity contribution in [1.82, 2.24) is 9.62 Å². The standard InChI is InChI=1S/C23H29Cl2N3O3S/c1-22(2,3)15-28(11-10-26-32(4,30)31)23(14-16-6-5-7-17(24)12-16)19-9-8-18(25)13-20(19)27-21(23)29/h5-9,12-13,26H,10-11,14-15H2,1-4H3,(H,27,29). The first-order valence-electron chi connectivity index (χ1n) is 10.4. The Morgan fingerprint density at radius 2 is 1.78 bits per heavy atom. The topological polar surface area (TPSA) is 78.5 Å². The van der Waals surface area contributed by atoms with Gasteiger partial charge in [0.2, 0.25) is 15.9 Å². The van der Waals surface area contributed by atoms with Crippen molar-refractivity contribution in [3.63, 3.8) is 0 Å². The molecule has 2 N–H and O–H groups in total. The monoisotopic (exact) mass is 497 g/mol. The summed E-state index contributed by atoms with van der Waals surface area (Å²) in [5.74, 6) is -0.168. The Labute approximate surface area is 200 Å². The normalized spacial score (nSPS) is 18.7. The van der Waals surface area contributed by atoms with Crippen molar-refractivity contribution < 1.29 is 13.2 Å². The van der Waals surface area contributed by atoms with E-state index in [1.807, 2.05) is 24.3 Å². The average Bonchev–Trinajstić information content (AvgIpc) is 2.90. The number of halogens is 2. The maximum atomic E-state index is 13.7.